The maximum Gasteiger partial charge on any atom is 0.204 e. The first-order chi connectivity index (χ1) is 16.6. The molecule has 0 amide bonds. The van der Waals surface area contributed by atoms with Crippen molar-refractivity contribution in [3.8, 4) is 11.4 Å². The smallest absolute Gasteiger partial charge is 0.204 e. The zero-order valence-corrected chi connectivity index (χ0v) is 18.9. The van der Waals surface area contributed by atoms with Crippen LogP contribution in [0.15, 0.2) is 42.9 Å². The molecule has 4 aromatic heterocycles. The molecule has 0 aliphatic heterocycles. The van der Waals surface area contributed by atoms with Crippen LogP contribution in [0.2, 0.25) is 0 Å². The standard InChI is InChI=1S/C24H24N10/c1-32-20-18(12-26-32)21-27-22(30-33(21)14-25-20)23-8-15-7-16(9-23)11-24(10-15,13-23)34-29-19(28-31-34)17-5-3-2-4-6-17/h2-6,12,14-16H,7-11,13H2,1H3/t15-,16-,23?,24?/m1/s1. The molecule has 0 unspecified atom stereocenters. The van der Waals surface area contributed by atoms with E-state index in [-0.39, 0.29) is 11.0 Å². The van der Waals surface area contributed by atoms with Crippen molar-refractivity contribution in [3.05, 3.63) is 48.7 Å². The van der Waals surface area contributed by atoms with Gasteiger partial charge in [0.1, 0.15) is 6.33 Å². The van der Waals surface area contributed by atoms with Crippen LogP contribution < -0.4 is 0 Å². The fraction of sp³-hybridized carbons (Fsp3) is 0.458. The zero-order chi connectivity index (χ0) is 22.5. The van der Waals surface area contributed by atoms with Crippen LogP contribution >= 0.6 is 0 Å². The average molecular weight is 453 g/mol. The van der Waals surface area contributed by atoms with E-state index in [1.807, 2.05) is 52.9 Å². The summed E-state index contributed by atoms with van der Waals surface area (Å²) >= 11 is 0. The summed E-state index contributed by atoms with van der Waals surface area (Å²) in [5, 5.41) is 24.2. The second kappa shape index (κ2) is 6.25. The van der Waals surface area contributed by atoms with E-state index in [0.717, 1.165) is 60.2 Å². The minimum atomic E-state index is -0.122. The topological polar surface area (TPSA) is 105 Å². The number of nitrogens with zero attached hydrogens (tertiary/aromatic N) is 10. The van der Waals surface area contributed by atoms with Gasteiger partial charge in [-0.25, -0.2) is 14.5 Å². The molecule has 4 aliphatic rings. The number of aromatic nitrogens is 10. The number of hydrogen-bond donors (Lipinski definition) is 0. The third-order valence-corrected chi connectivity index (χ3v) is 8.44. The molecule has 4 bridgehead atoms. The molecule has 0 saturated heterocycles. The number of tetrazole rings is 1. The maximum absolute atomic E-state index is 5.11. The summed E-state index contributed by atoms with van der Waals surface area (Å²) in [6, 6.07) is 10.1. The van der Waals surface area contributed by atoms with E-state index in [9.17, 15) is 0 Å². The molecule has 0 N–H and O–H groups in total. The van der Waals surface area contributed by atoms with Crippen molar-refractivity contribution in [2.75, 3.05) is 0 Å². The summed E-state index contributed by atoms with van der Waals surface area (Å²) in [4.78, 5) is 11.6. The second-order valence-corrected chi connectivity index (χ2v) is 10.7. The predicted molar refractivity (Wildman–Crippen MR) is 123 cm³/mol. The van der Waals surface area contributed by atoms with E-state index in [2.05, 4.69) is 20.4 Å². The lowest BCUT2D eigenvalue weighted by atomic mass is 9.46. The third-order valence-electron chi connectivity index (χ3n) is 8.44. The van der Waals surface area contributed by atoms with Crippen LogP contribution in [0.25, 0.3) is 28.1 Å². The molecule has 4 saturated carbocycles. The van der Waals surface area contributed by atoms with Crippen LogP contribution in [0.1, 0.15) is 44.3 Å². The quantitative estimate of drug-likeness (QED) is 0.414. The van der Waals surface area contributed by atoms with Crippen molar-refractivity contribution < 1.29 is 0 Å². The van der Waals surface area contributed by atoms with Crippen molar-refractivity contribution >= 4 is 16.7 Å². The Bertz CT molecular complexity index is 1550. The molecular weight excluding hydrogens is 428 g/mol. The van der Waals surface area contributed by atoms with Gasteiger partial charge in [-0.3, -0.25) is 4.68 Å². The van der Waals surface area contributed by atoms with Crippen LogP contribution in [0.3, 0.4) is 0 Å². The molecule has 9 rings (SSSR count). The molecule has 4 fully saturated rings. The molecule has 0 radical (unpaired) electrons. The first-order valence-corrected chi connectivity index (χ1v) is 12.0. The Kier molecular flexibility index (Phi) is 3.44. The normalized spacial score (nSPS) is 30.0. The van der Waals surface area contributed by atoms with Crippen molar-refractivity contribution in [3.63, 3.8) is 0 Å². The van der Waals surface area contributed by atoms with Gasteiger partial charge in [-0.1, -0.05) is 30.3 Å². The van der Waals surface area contributed by atoms with Gasteiger partial charge in [-0.15, -0.1) is 15.3 Å². The molecule has 10 heteroatoms. The lowest BCUT2D eigenvalue weighted by Crippen LogP contribution is -2.59. The van der Waals surface area contributed by atoms with Crippen molar-refractivity contribution in [1.82, 2.24) is 49.6 Å². The van der Waals surface area contributed by atoms with Crippen LogP contribution in [0.5, 0.6) is 0 Å². The number of fused-ring (bicyclic) bond motifs is 3. The Morgan fingerprint density at radius 1 is 0.971 bits per heavy atom. The Balaban J connectivity index is 1.24. The maximum atomic E-state index is 5.11. The highest BCUT2D eigenvalue weighted by Crippen LogP contribution is 2.64. The van der Waals surface area contributed by atoms with Crippen molar-refractivity contribution in [1.29, 1.82) is 0 Å². The number of benzene rings is 1. The third kappa shape index (κ3) is 2.43. The van der Waals surface area contributed by atoms with Gasteiger partial charge in [0.05, 0.1) is 17.1 Å². The largest absolute Gasteiger partial charge is 0.250 e. The second-order valence-electron chi connectivity index (χ2n) is 10.7. The molecule has 2 atom stereocenters. The van der Waals surface area contributed by atoms with Gasteiger partial charge in [0.2, 0.25) is 5.82 Å². The molecule has 0 spiro atoms. The number of aryl methyl sites for hydroxylation is 1. The molecule has 4 aliphatic carbocycles. The summed E-state index contributed by atoms with van der Waals surface area (Å²) < 4.78 is 3.61. The van der Waals surface area contributed by atoms with Crippen molar-refractivity contribution in [2.24, 2.45) is 18.9 Å². The molecule has 1 aromatic carbocycles. The van der Waals surface area contributed by atoms with E-state index in [4.69, 9.17) is 15.2 Å². The molecule has 10 nitrogen and oxygen atoms in total. The fourth-order valence-electron chi connectivity index (χ4n) is 7.49. The Morgan fingerprint density at radius 2 is 1.79 bits per heavy atom. The fourth-order valence-corrected chi connectivity index (χ4v) is 7.49. The van der Waals surface area contributed by atoms with Crippen LogP contribution in [-0.2, 0) is 18.0 Å². The van der Waals surface area contributed by atoms with Gasteiger partial charge in [0.15, 0.2) is 17.1 Å². The number of rotatable bonds is 3. The summed E-state index contributed by atoms with van der Waals surface area (Å²) in [6.07, 6.45) is 10.3. The minimum Gasteiger partial charge on any atom is -0.250 e. The lowest BCUT2D eigenvalue weighted by molar-refractivity contribution is -0.0784. The Hall–Kier alpha value is -3.69. The Labute approximate surface area is 195 Å². The van der Waals surface area contributed by atoms with E-state index in [1.54, 1.807) is 11.0 Å². The highest BCUT2D eigenvalue weighted by Gasteiger charge is 2.61. The van der Waals surface area contributed by atoms with E-state index in [1.165, 1.54) is 6.42 Å². The van der Waals surface area contributed by atoms with E-state index < -0.39 is 0 Å². The number of hydrogen-bond acceptors (Lipinski definition) is 7. The molecular formula is C24H24N10. The SMILES string of the molecule is Cn1ncc2c1ncn1nc(C34C[C@H]5C[C@H](C3)CC(n3nnc(-c6ccccc6)n3)(C5)C4)nc21. The predicted octanol–water partition coefficient (Wildman–Crippen LogP) is 2.91. The summed E-state index contributed by atoms with van der Waals surface area (Å²) in [6.45, 7) is 0. The van der Waals surface area contributed by atoms with Gasteiger partial charge < -0.3 is 0 Å². The van der Waals surface area contributed by atoms with Gasteiger partial charge in [-0.2, -0.15) is 9.90 Å². The van der Waals surface area contributed by atoms with Crippen LogP contribution in [0, 0.1) is 11.8 Å². The van der Waals surface area contributed by atoms with Gasteiger partial charge in [0.25, 0.3) is 0 Å². The van der Waals surface area contributed by atoms with Crippen LogP contribution in [0.4, 0.5) is 0 Å². The van der Waals surface area contributed by atoms with E-state index >= 15 is 0 Å². The van der Waals surface area contributed by atoms with Crippen LogP contribution in [-0.4, -0.2) is 49.6 Å². The lowest BCUT2D eigenvalue weighted by Gasteiger charge is -2.60. The highest BCUT2D eigenvalue weighted by atomic mass is 15.6. The average Bonchev–Trinajstić information content (AvgIpc) is 3.57. The monoisotopic (exact) mass is 452 g/mol. The van der Waals surface area contributed by atoms with Gasteiger partial charge in [-0.05, 0) is 55.6 Å². The first kappa shape index (κ1) is 18.7. The van der Waals surface area contributed by atoms with Gasteiger partial charge >= 0.3 is 0 Å². The minimum absolute atomic E-state index is 0.0643. The Morgan fingerprint density at radius 3 is 2.62 bits per heavy atom. The van der Waals surface area contributed by atoms with Gasteiger partial charge in [0, 0.05) is 18.0 Å². The molecule has 34 heavy (non-hydrogen) atoms. The van der Waals surface area contributed by atoms with Crippen molar-refractivity contribution in [2.45, 2.75) is 49.5 Å². The molecule has 5 aromatic rings. The summed E-state index contributed by atoms with van der Waals surface area (Å²) in [5.41, 5.74) is 2.48. The zero-order valence-electron chi connectivity index (χ0n) is 18.9. The highest BCUT2D eigenvalue weighted by molar-refractivity contribution is 5.88. The summed E-state index contributed by atoms with van der Waals surface area (Å²) in [5.74, 6) is 2.90. The first-order valence-electron chi connectivity index (χ1n) is 12.0. The molecule has 170 valence electrons. The summed E-state index contributed by atoms with van der Waals surface area (Å²) in [7, 11) is 1.90. The van der Waals surface area contributed by atoms with E-state index in [0.29, 0.717) is 17.7 Å². The molecule has 4 heterocycles.